The lowest BCUT2D eigenvalue weighted by atomic mass is 10.0. The second kappa shape index (κ2) is 9.10. The Kier molecular flexibility index (Phi) is 6.10. The molecule has 2 aromatic rings. The fraction of sp³-hybridized carbons (Fsp3) is 0.333. The quantitative estimate of drug-likeness (QED) is 0.723. The second-order valence-electron chi connectivity index (χ2n) is 6.95. The van der Waals surface area contributed by atoms with E-state index in [0.29, 0.717) is 37.8 Å². The summed E-state index contributed by atoms with van der Waals surface area (Å²) in [5.74, 6) is -0.812. The number of nitrogens with zero attached hydrogens (tertiary/aromatic N) is 1. The normalized spacial score (nSPS) is 16.7. The maximum absolute atomic E-state index is 13.3. The standard InChI is InChI=1S/C21H22FN3O5/c22-15-2-1-3-16(11-15)24-21(27)20(26)23-12-17(25-6-8-28-9-7-25)14-4-5-18-19(10-14)30-13-29-18/h1-5,10-11,17H,6-9,12-13H2,(H,23,26)(H,24,27)/t17-/m1/s1. The molecule has 2 aromatic carbocycles. The molecule has 1 atom stereocenters. The number of amides is 2. The van der Waals surface area contributed by atoms with E-state index in [1.807, 2.05) is 18.2 Å². The summed E-state index contributed by atoms with van der Waals surface area (Å²) in [5, 5.41) is 5.08. The van der Waals surface area contributed by atoms with Crippen LogP contribution < -0.4 is 20.1 Å². The van der Waals surface area contributed by atoms with Crippen LogP contribution in [0, 0.1) is 5.82 Å². The minimum Gasteiger partial charge on any atom is -0.454 e. The van der Waals surface area contributed by atoms with Gasteiger partial charge >= 0.3 is 11.8 Å². The molecule has 30 heavy (non-hydrogen) atoms. The molecule has 0 unspecified atom stereocenters. The fourth-order valence-corrected chi connectivity index (χ4v) is 3.49. The van der Waals surface area contributed by atoms with Crippen molar-refractivity contribution in [2.75, 3.05) is 45.0 Å². The number of morpholine rings is 1. The molecule has 158 valence electrons. The van der Waals surface area contributed by atoms with Crippen molar-refractivity contribution in [3.8, 4) is 11.5 Å². The number of nitrogens with one attached hydrogen (secondary N) is 2. The van der Waals surface area contributed by atoms with E-state index in [0.717, 1.165) is 11.6 Å². The Balaban J connectivity index is 1.43. The average molecular weight is 415 g/mol. The van der Waals surface area contributed by atoms with Gasteiger partial charge in [-0.15, -0.1) is 0 Å². The molecule has 0 radical (unpaired) electrons. The average Bonchev–Trinajstić information content (AvgIpc) is 3.22. The molecule has 0 aliphatic carbocycles. The predicted molar refractivity (Wildman–Crippen MR) is 106 cm³/mol. The first-order valence-corrected chi connectivity index (χ1v) is 9.66. The molecule has 0 spiro atoms. The molecule has 0 bridgehead atoms. The van der Waals surface area contributed by atoms with Crippen molar-refractivity contribution >= 4 is 17.5 Å². The minimum absolute atomic E-state index is 0.172. The Bertz CT molecular complexity index is 933. The number of ether oxygens (including phenoxy) is 3. The Hall–Kier alpha value is -3.17. The first kappa shape index (κ1) is 20.1. The van der Waals surface area contributed by atoms with Crippen LogP contribution in [0.25, 0.3) is 0 Å². The Labute approximate surface area is 172 Å². The summed E-state index contributed by atoms with van der Waals surface area (Å²) >= 11 is 0. The van der Waals surface area contributed by atoms with Crippen LogP contribution >= 0.6 is 0 Å². The molecule has 2 N–H and O–H groups in total. The van der Waals surface area contributed by atoms with E-state index in [4.69, 9.17) is 14.2 Å². The van der Waals surface area contributed by atoms with Gasteiger partial charge in [-0.3, -0.25) is 14.5 Å². The van der Waals surface area contributed by atoms with E-state index in [1.165, 1.54) is 18.2 Å². The molecule has 0 aromatic heterocycles. The van der Waals surface area contributed by atoms with Crippen LogP contribution in [-0.2, 0) is 14.3 Å². The van der Waals surface area contributed by atoms with Gasteiger partial charge in [-0.2, -0.15) is 0 Å². The van der Waals surface area contributed by atoms with E-state index < -0.39 is 17.6 Å². The molecule has 2 aliphatic rings. The highest BCUT2D eigenvalue weighted by Gasteiger charge is 2.26. The summed E-state index contributed by atoms with van der Waals surface area (Å²) in [5.41, 5.74) is 1.16. The molecule has 2 aliphatic heterocycles. The van der Waals surface area contributed by atoms with Crippen LogP contribution in [0.3, 0.4) is 0 Å². The predicted octanol–water partition coefficient (Wildman–Crippen LogP) is 1.68. The summed E-state index contributed by atoms with van der Waals surface area (Å²) in [6.45, 7) is 2.98. The van der Waals surface area contributed by atoms with Crippen molar-refractivity contribution in [2.45, 2.75) is 6.04 Å². The van der Waals surface area contributed by atoms with Crippen LogP contribution in [0.15, 0.2) is 42.5 Å². The number of hydrogen-bond donors (Lipinski definition) is 2. The van der Waals surface area contributed by atoms with E-state index in [2.05, 4.69) is 15.5 Å². The van der Waals surface area contributed by atoms with Gasteiger partial charge in [0.2, 0.25) is 6.79 Å². The van der Waals surface area contributed by atoms with Crippen molar-refractivity contribution in [1.29, 1.82) is 0 Å². The molecule has 0 saturated carbocycles. The van der Waals surface area contributed by atoms with Gasteiger partial charge in [0, 0.05) is 25.3 Å². The Morgan fingerprint density at radius 2 is 1.83 bits per heavy atom. The third-order valence-corrected chi connectivity index (χ3v) is 5.01. The maximum Gasteiger partial charge on any atom is 0.313 e. The van der Waals surface area contributed by atoms with Crippen LogP contribution in [0.2, 0.25) is 0 Å². The minimum atomic E-state index is -0.855. The molecule has 2 heterocycles. The van der Waals surface area contributed by atoms with Gasteiger partial charge in [-0.1, -0.05) is 12.1 Å². The number of benzene rings is 2. The van der Waals surface area contributed by atoms with Gasteiger partial charge in [-0.25, -0.2) is 4.39 Å². The number of carbonyl (C=O) groups excluding carboxylic acids is 2. The van der Waals surface area contributed by atoms with Crippen molar-refractivity contribution in [1.82, 2.24) is 10.2 Å². The van der Waals surface area contributed by atoms with Crippen LogP contribution in [-0.4, -0.2) is 56.4 Å². The lowest BCUT2D eigenvalue weighted by molar-refractivity contribution is -0.136. The topological polar surface area (TPSA) is 89.1 Å². The van der Waals surface area contributed by atoms with Crippen molar-refractivity contribution in [3.05, 3.63) is 53.8 Å². The third kappa shape index (κ3) is 4.69. The molecule has 8 nitrogen and oxygen atoms in total. The van der Waals surface area contributed by atoms with Gasteiger partial charge in [0.1, 0.15) is 5.82 Å². The molecule has 1 saturated heterocycles. The zero-order chi connectivity index (χ0) is 20.9. The van der Waals surface area contributed by atoms with E-state index in [1.54, 1.807) is 0 Å². The molecule has 2 amide bonds. The first-order chi connectivity index (χ1) is 14.6. The summed E-state index contributed by atoms with van der Waals surface area (Å²) in [6.07, 6.45) is 0. The zero-order valence-electron chi connectivity index (χ0n) is 16.2. The summed E-state index contributed by atoms with van der Waals surface area (Å²) in [7, 11) is 0. The van der Waals surface area contributed by atoms with Gasteiger partial charge < -0.3 is 24.8 Å². The number of halogens is 1. The molecule has 1 fully saturated rings. The van der Waals surface area contributed by atoms with Gasteiger partial charge in [0.05, 0.1) is 19.3 Å². The number of carbonyl (C=O) groups is 2. The summed E-state index contributed by atoms with van der Waals surface area (Å²) in [4.78, 5) is 26.7. The smallest absolute Gasteiger partial charge is 0.313 e. The van der Waals surface area contributed by atoms with E-state index in [9.17, 15) is 14.0 Å². The summed E-state index contributed by atoms with van der Waals surface area (Å²) in [6, 6.07) is 10.9. The lowest BCUT2D eigenvalue weighted by Crippen LogP contribution is -2.45. The van der Waals surface area contributed by atoms with Gasteiger partial charge in [0.15, 0.2) is 11.5 Å². The van der Waals surface area contributed by atoms with Crippen LogP contribution in [0.1, 0.15) is 11.6 Å². The highest BCUT2D eigenvalue weighted by molar-refractivity contribution is 6.39. The van der Waals surface area contributed by atoms with E-state index in [-0.39, 0.29) is 25.1 Å². The fourth-order valence-electron chi connectivity index (χ4n) is 3.49. The Morgan fingerprint density at radius 3 is 2.63 bits per heavy atom. The molecular weight excluding hydrogens is 393 g/mol. The maximum atomic E-state index is 13.3. The number of anilines is 1. The zero-order valence-corrected chi connectivity index (χ0v) is 16.2. The Morgan fingerprint density at radius 1 is 1.03 bits per heavy atom. The third-order valence-electron chi connectivity index (χ3n) is 5.01. The highest BCUT2D eigenvalue weighted by atomic mass is 19.1. The van der Waals surface area contributed by atoms with Gasteiger partial charge in [0.25, 0.3) is 0 Å². The summed E-state index contributed by atoms with van der Waals surface area (Å²) < 4.78 is 29.5. The molecule has 4 rings (SSSR count). The second-order valence-corrected chi connectivity index (χ2v) is 6.95. The van der Waals surface area contributed by atoms with Crippen molar-refractivity contribution < 1.29 is 28.2 Å². The van der Waals surface area contributed by atoms with Crippen LogP contribution in [0.4, 0.5) is 10.1 Å². The van der Waals surface area contributed by atoms with Crippen molar-refractivity contribution in [2.24, 2.45) is 0 Å². The van der Waals surface area contributed by atoms with Crippen LogP contribution in [0.5, 0.6) is 11.5 Å². The first-order valence-electron chi connectivity index (χ1n) is 9.66. The van der Waals surface area contributed by atoms with E-state index >= 15 is 0 Å². The number of rotatable bonds is 5. The number of fused-ring (bicyclic) bond motifs is 1. The highest BCUT2D eigenvalue weighted by Crippen LogP contribution is 2.35. The van der Waals surface area contributed by atoms with Crippen molar-refractivity contribution in [3.63, 3.8) is 0 Å². The number of hydrogen-bond acceptors (Lipinski definition) is 6. The SMILES string of the molecule is O=C(NC[C@H](c1ccc2c(c1)OCO2)N1CCOCC1)C(=O)Nc1cccc(F)c1. The lowest BCUT2D eigenvalue weighted by Gasteiger charge is -2.34. The van der Waals surface area contributed by atoms with Gasteiger partial charge in [-0.05, 0) is 35.9 Å². The largest absolute Gasteiger partial charge is 0.454 e. The molecular formula is C21H22FN3O5. The molecule has 9 heteroatoms. The monoisotopic (exact) mass is 415 g/mol.